The number of carbonyl (C=O) groups excluding carboxylic acids is 1. The van der Waals surface area contributed by atoms with E-state index in [1.165, 1.54) is 12.8 Å². The number of amides is 1. The van der Waals surface area contributed by atoms with Gasteiger partial charge in [0.25, 0.3) is 5.91 Å². The summed E-state index contributed by atoms with van der Waals surface area (Å²) in [6.07, 6.45) is 5.95. The van der Waals surface area contributed by atoms with Gasteiger partial charge in [0, 0.05) is 6.42 Å². The zero-order valence-electron chi connectivity index (χ0n) is 10.7. The Labute approximate surface area is 108 Å². The maximum atomic E-state index is 11.7. The lowest BCUT2D eigenvalue weighted by Crippen LogP contribution is -2.25. The fraction of sp³-hybridized carbons (Fsp3) is 0.400. The van der Waals surface area contributed by atoms with Crippen LogP contribution in [0.2, 0.25) is 0 Å². The molecule has 1 N–H and O–H groups in total. The molecule has 0 bridgehead atoms. The van der Waals surface area contributed by atoms with Crippen LogP contribution in [-0.4, -0.2) is 12.1 Å². The molecule has 0 aromatic heterocycles. The molecule has 3 nitrogen and oxygen atoms in total. The summed E-state index contributed by atoms with van der Waals surface area (Å²) in [6.45, 7) is 2.16. The highest BCUT2D eigenvalue weighted by Crippen LogP contribution is 2.18. The molecule has 0 saturated carbocycles. The van der Waals surface area contributed by atoms with Gasteiger partial charge in [0.2, 0.25) is 0 Å². The number of nitrogens with one attached hydrogen (secondary N) is 1. The van der Waals surface area contributed by atoms with Gasteiger partial charge in [-0.3, -0.25) is 4.79 Å². The maximum Gasteiger partial charge on any atom is 0.289 e. The van der Waals surface area contributed by atoms with Crippen molar-refractivity contribution >= 4 is 12.0 Å². The summed E-state index contributed by atoms with van der Waals surface area (Å²) >= 11 is 0. The van der Waals surface area contributed by atoms with Crippen molar-refractivity contribution in [1.82, 2.24) is 5.32 Å². The Morgan fingerprint density at radius 1 is 1.28 bits per heavy atom. The van der Waals surface area contributed by atoms with Gasteiger partial charge in [-0.1, -0.05) is 50.1 Å². The second-order valence-corrected chi connectivity index (χ2v) is 4.50. The van der Waals surface area contributed by atoms with Gasteiger partial charge >= 0.3 is 0 Å². The SMILES string of the molecule is CCCCCC1NC(=O)/C(=C/c2ccccc2)O1. The molecule has 1 aliphatic rings. The van der Waals surface area contributed by atoms with Crippen LogP contribution >= 0.6 is 0 Å². The Bertz CT molecular complexity index is 425. The average Bonchev–Trinajstić information content (AvgIpc) is 2.72. The highest BCUT2D eigenvalue weighted by atomic mass is 16.5. The van der Waals surface area contributed by atoms with Gasteiger partial charge < -0.3 is 10.1 Å². The van der Waals surface area contributed by atoms with E-state index in [2.05, 4.69) is 12.2 Å². The van der Waals surface area contributed by atoms with Gasteiger partial charge in [0.15, 0.2) is 12.0 Å². The van der Waals surface area contributed by atoms with Crippen LogP contribution in [0.25, 0.3) is 6.08 Å². The molecule has 96 valence electrons. The Kier molecular flexibility index (Phi) is 4.40. The van der Waals surface area contributed by atoms with Gasteiger partial charge in [0.05, 0.1) is 0 Å². The molecule has 0 radical (unpaired) electrons. The number of rotatable bonds is 5. The average molecular weight is 245 g/mol. The summed E-state index contributed by atoms with van der Waals surface area (Å²) < 4.78 is 5.62. The van der Waals surface area contributed by atoms with Gasteiger partial charge in [-0.2, -0.15) is 0 Å². The van der Waals surface area contributed by atoms with Crippen molar-refractivity contribution in [2.24, 2.45) is 0 Å². The molecular formula is C15H19NO2. The van der Waals surface area contributed by atoms with E-state index in [0.717, 1.165) is 18.4 Å². The number of benzene rings is 1. The summed E-state index contributed by atoms with van der Waals surface area (Å²) in [4.78, 5) is 11.7. The maximum absolute atomic E-state index is 11.7. The fourth-order valence-electron chi connectivity index (χ4n) is 1.96. The van der Waals surface area contributed by atoms with E-state index >= 15 is 0 Å². The first-order valence-corrected chi connectivity index (χ1v) is 6.54. The predicted molar refractivity (Wildman–Crippen MR) is 71.6 cm³/mol. The molecule has 1 amide bonds. The first-order chi connectivity index (χ1) is 8.79. The van der Waals surface area contributed by atoms with E-state index in [9.17, 15) is 4.79 Å². The third kappa shape index (κ3) is 3.36. The zero-order chi connectivity index (χ0) is 12.8. The molecule has 0 aliphatic carbocycles. The van der Waals surface area contributed by atoms with Crippen molar-refractivity contribution in [3.8, 4) is 0 Å². The molecule has 1 unspecified atom stereocenters. The van der Waals surface area contributed by atoms with Crippen LogP contribution < -0.4 is 5.32 Å². The highest BCUT2D eigenvalue weighted by Gasteiger charge is 2.26. The van der Waals surface area contributed by atoms with Crippen molar-refractivity contribution in [1.29, 1.82) is 0 Å². The molecule has 1 aromatic carbocycles. The summed E-state index contributed by atoms with van der Waals surface area (Å²) in [7, 11) is 0. The minimum Gasteiger partial charge on any atom is -0.465 e. The smallest absolute Gasteiger partial charge is 0.289 e. The van der Waals surface area contributed by atoms with Crippen molar-refractivity contribution < 1.29 is 9.53 Å². The van der Waals surface area contributed by atoms with Crippen LogP contribution in [0.4, 0.5) is 0 Å². The number of hydrogen-bond acceptors (Lipinski definition) is 2. The zero-order valence-corrected chi connectivity index (χ0v) is 10.7. The van der Waals surface area contributed by atoms with Crippen LogP contribution in [-0.2, 0) is 9.53 Å². The Morgan fingerprint density at radius 3 is 2.78 bits per heavy atom. The van der Waals surface area contributed by atoms with Gasteiger partial charge in [-0.05, 0) is 18.1 Å². The summed E-state index contributed by atoms with van der Waals surface area (Å²) in [5.74, 6) is 0.308. The third-order valence-electron chi connectivity index (χ3n) is 2.95. The Morgan fingerprint density at radius 2 is 2.06 bits per heavy atom. The summed E-state index contributed by atoms with van der Waals surface area (Å²) in [6, 6.07) is 9.74. The van der Waals surface area contributed by atoms with E-state index in [1.807, 2.05) is 30.3 Å². The summed E-state index contributed by atoms with van der Waals surface area (Å²) in [5.41, 5.74) is 0.983. The number of unbranched alkanes of at least 4 members (excludes halogenated alkanes) is 2. The van der Waals surface area contributed by atoms with Crippen LogP contribution in [0, 0.1) is 0 Å². The lowest BCUT2D eigenvalue weighted by molar-refractivity contribution is -0.116. The van der Waals surface area contributed by atoms with Crippen LogP contribution in [0.15, 0.2) is 36.1 Å². The lowest BCUT2D eigenvalue weighted by Gasteiger charge is -2.08. The van der Waals surface area contributed by atoms with Crippen LogP contribution in [0.5, 0.6) is 0 Å². The minimum atomic E-state index is -0.154. The van der Waals surface area contributed by atoms with Crippen molar-refractivity contribution in [3.05, 3.63) is 41.7 Å². The monoisotopic (exact) mass is 245 g/mol. The van der Waals surface area contributed by atoms with Crippen LogP contribution in [0.1, 0.15) is 38.2 Å². The molecule has 0 spiro atoms. The summed E-state index contributed by atoms with van der Waals surface area (Å²) in [5, 5.41) is 2.85. The Hall–Kier alpha value is -1.77. The normalized spacial score (nSPS) is 20.8. The van der Waals surface area contributed by atoms with E-state index < -0.39 is 0 Å². The molecule has 1 fully saturated rings. The largest absolute Gasteiger partial charge is 0.465 e. The van der Waals surface area contributed by atoms with E-state index in [4.69, 9.17) is 4.74 Å². The number of ether oxygens (including phenoxy) is 1. The van der Waals surface area contributed by atoms with E-state index in [-0.39, 0.29) is 12.1 Å². The molecule has 1 saturated heterocycles. The van der Waals surface area contributed by atoms with E-state index in [0.29, 0.717) is 5.76 Å². The second kappa shape index (κ2) is 6.24. The minimum absolute atomic E-state index is 0.111. The molecule has 1 aromatic rings. The van der Waals surface area contributed by atoms with Crippen LogP contribution in [0.3, 0.4) is 0 Å². The molecule has 3 heteroatoms. The fourth-order valence-corrected chi connectivity index (χ4v) is 1.96. The molecule has 2 rings (SSSR count). The Balaban J connectivity index is 1.95. The van der Waals surface area contributed by atoms with Gasteiger partial charge in [0.1, 0.15) is 0 Å². The lowest BCUT2D eigenvalue weighted by atomic mass is 10.2. The first kappa shape index (κ1) is 12.7. The topological polar surface area (TPSA) is 38.3 Å². The quantitative estimate of drug-likeness (QED) is 0.639. The van der Waals surface area contributed by atoms with E-state index in [1.54, 1.807) is 6.08 Å². The van der Waals surface area contributed by atoms with Gasteiger partial charge in [-0.25, -0.2) is 0 Å². The van der Waals surface area contributed by atoms with Crippen molar-refractivity contribution in [2.75, 3.05) is 0 Å². The van der Waals surface area contributed by atoms with Crippen molar-refractivity contribution in [3.63, 3.8) is 0 Å². The second-order valence-electron chi connectivity index (χ2n) is 4.50. The number of hydrogen-bond donors (Lipinski definition) is 1. The third-order valence-corrected chi connectivity index (χ3v) is 2.95. The first-order valence-electron chi connectivity index (χ1n) is 6.54. The van der Waals surface area contributed by atoms with Crippen molar-refractivity contribution in [2.45, 2.75) is 38.8 Å². The van der Waals surface area contributed by atoms with Gasteiger partial charge in [-0.15, -0.1) is 0 Å². The molecule has 1 aliphatic heterocycles. The molecule has 18 heavy (non-hydrogen) atoms. The molecular weight excluding hydrogens is 226 g/mol. The standard InChI is InChI=1S/C15H19NO2/c1-2-3-5-10-14-16-15(17)13(18-14)11-12-8-6-4-7-9-12/h4,6-9,11,14H,2-3,5,10H2,1H3,(H,16,17)/b13-11-. The predicted octanol–water partition coefficient (Wildman–Crippen LogP) is 3.08. The highest BCUT2D eigenvalue weighted by molar-refractivity contribution is 5.97. The number of carbonyl (C=O) groups is 1. The molecule has 1 atom stereocenters. The molecule has 1 heterocycles.